The lowest BCUT2D eigenvalue weighted by molar-refractivity contribution is 0.217. The first-order chi connectivity index (χ1) is 16.2. The largest absolute Gasteiger partial charge is 0.490 e. The number of ether oxygens (including phenoxy) is 2. The zero-order chi connectivity index (χ0) is 22.9. The number of nitrogens with two attached hydrogens (primary N) is 1. The number of hydrogen-bond acceptors (Lipinski definition) is 7. The van der Waals surface area contributed by atoms with Gasteiger partial charge in [-0.1, -0.05) is 42.1 Å². The van der Waals surface area contributed by atoms with Gasteiger partial charge in [-0.3, -0.25) is 0 Å². The number of para-hydroxylation sites is 2. The average molecular weight is 459 g/mol. The predicted molar refractivity (Wildman–Crippen MR) is 133 cm³/mol. The molecule has 0 saturated carbocycles. The van der Waals surface area contributed by atoms with Crippen molar-refractivity contribution in [2.75, 3.05) is 24.3 Å². The highest BCUT2D eigenvalue weighted by Crippen LogP contribution is 2.34. The topological polar surface area (TPSA) is 82.3 Å². The minimum atomic E-state index is 0.486. The number of benzene rings is 3. The van der Waals surface area contributed by atoms with Gasteiger partial charge in [0.25, 0.3) is 0 Å². The van der Waals surface area contributed by atoms with Gasteiger partial charge in [-0.05, 0) is 55.5 Å². The molecule has 3 aromatic carbocycles. The molecule has 0 bridgehead atoms. The molecule has 4 rings (SSSR count). The van der Waals surface area contributed by atoms with Crippen molar-refractivity contribution in [2.45, 2.75) is 23.3 Å². The van der Waals surface area contributed by atoms with E-state index < -0.39 is 0 Å². The lowest BCUT2D eigenvalue weighted by atomic mass is 10.2. The molecular formula is C26H26N4O2S. The van der Waals surface area contributed by atoms with E-state index in [1.165, 1.54) is 0 Å². The molecule has 0 saturated heterocycles. The van der Waals surface area contributed by atoms with Gasteiger partial charge >= 0.3 is 0 Å². The molecule has 0 fully saturated rings. The quantitative estimate of drug-likeness (QED) is 0.300. The highest BCUT2D eigenvalue weighted by Gasteiger charge is 2.07. The number of aromatic nitrogens is 2. The van der Waals surface area contributed by atoms with E-state index in [1.807, 2.05) is 61.5 Å². The van der Waals surface area contributed by atoms with Crippen molar-refractivity contribution in [3.05, 3.63) is 96.4 Å². The third-order valence-electron chi connectivity index (χ3n) is 4.79. The predicted octanol–water partition coefficient (Wildman–Crippen LogP) is 5.59. The molecule has 0 unspecified atom stereocenters. The molecule has 7 heteroatoms. The van der Waals surface area contributed by atoms with Crippen LogP contribution in [0.15, 0.2) is 94.9 Å². The van der Waals surface area contributed by atoms with Crippen LogP contribution < -0.4 is 20.5 Å². The Morgan fingerprint density at radius 3 is 2.24 bits per heavy atom. The van der Waals surface area contributed by atoms with E-state index in [0.717, 1.165) is 32.5 Å². The highest BCUT2D eigenvalue weighted by atomic mass is 32.2. The van der Waals surface area contributed by atoms with Crippen LogP contribution in [0.2, 0.25) is 0 Å². The van der Waals surface area contributed by atoms with Crippen molar-refractivity contribution < 1.29 is 9.47 Å². The Kier molecular flexibility index (Phi) is 7.66. The van der Waals surface area contributed by atoms with Gasteiger partial charge in [-0.25, -0.2) is 9.97 Å². The molecule has 0 aliphatic heterocycles. The molecule has 0 spiro atoms. The molecule has 6 nitrogen and oxygen atoms in total. The maximum atomic E-state index is 6.02. The van der Waals surface area contributed by atoms with Crippen LogP contribution in [0.3, 0.4) is 0 Å². The fourth-order valence-electron chi connectivity index (χ4n) is 3.11. The second-order valence-electron chi connectivity index (χ2n) is 7.26. The van der Waals surface area contributed by atoms with E-state index in [-0.39, 0.29) is 0 Å². The highest BCUT2D eigenvalue weighted by molar-refractivity contribution is 7.99. The molecule has 0 radical (unpaired) electrons. The Bertz CT molecular complexity index is 1170. The molecule has 168 valence electrons. The lowest BCUT2D eigenvalue weighted by Gasteiger charge is -2.13. The van der Waals surface area contributed by atoms with Gasteiger partial charge < -0.3 is 20.5 Å². The summed E-state index contributed by atoms with van der Waals surface area (Å²) in [5.74, 6) is 2.84. The summed E-state index contributed by atoms with van der Waals surface area (Å²) in [5, 5.41) is 3.45. The van der Waals surface area contributed by atoms with Gasteiger partial charge in [0.15, 0.2) is 0 Å². The van der Waals surface area contributed by atoms with Gasteiger partial charge in [0.1, 0.15) is 36.4 Å². The van der Waals surface area contributed by atoms with Gasteiger partial charge in [-0.15, -0.1) is 0 Å². The summed E-state index contributed by atoms with van der Waals surface area (Å²) in [6.07, 6.45) is 1.77. The summed E-state index contributed by atoms with van der Waals surface area (Å²) >= 11 is 1.69. The van der Waals surface area contributed by atoms with E-state index in [0.29, 0.717) is 31.4 Å². The second-order valence-corrected chi connectivity index (χ2v) is 8.38. The van der Waals surface area contributed by atoms with Crippen LogP contribution in [0, 0.1) is 6.92 Å². The summed E-state index contributed by atoms with van der Waals surface area (Å²) in [5.41, 5.74) is 7.92. The van der Waals surface area contributed by atoms with Crippen LogP contribution in [-0.2, 0) is 6.54 Å². The Labute approximate surface area is 198 Å². The number of rotatable bonds is 10. The number of anilines is 2. The summed E-state index contributed by atoms with van der Waals surface area (Å²) in [7, 11) is 0. The smallest absolute Gasteiger partial charge is 0.132 e. The van der Waals surface area contributed by atoms with Crippen LogP contribution in [0.25, 0.3) is 0 Å². The van der Waals surface area contributed by atoms with E-state index in [2.05, 4.69) is 39.6 Å². The molecule has 33 heavy (non-hydrogen) atoms. The van der Waals surface area contributed by atoms with Crippen molar-refractivity contribution in [1.29, 1.82) is 0 Å². The van der Waals surface area contributed by atoms with Crippen LogP contribution in [0.1, 0.15) is 11.4 Å². The first kappa shape index (κ1) is 22.5. The number of hydrogen-bond donors (Lipinski definition) is 2. The third-order valence-corrected chi connectivity index (χ3v) is 5.87. The molecule has 0 aliphatic rings. The summed E-state index contributed by atoms with van der Waals surface area (Å²) in [6.45, 7) is 3.37. The van der Waals surface area contributed by atoms with E-state index in [9.17, 15) is 0 Å². The first-order valence-corrected chi connectivity index (χ1v) is 11.5. The van der Waals surface area contributed by atoms with E-state index >= 15 is 0 Å². The van der Waals surface area contributed by atoms with Crippen LogP contribution >= 0.6 is 11.8 Å². The van der Waals surface area contributed by atoms with Crippen molar-refractivity contribution >= 4 is 23.3 Å². The van der Waals surface area contributed by atoms with Gasteiger partial charge in [-0.2, -0.15) is 0 Å². The number of nitrogen functional groups attached to an aromatic ring is 1. The molecule has 4 aromatic rings. The van der Waals surface area contributed by atoms with Gasteiger partial charge in [0.05, 0.1) is 0 Å². The SMILES string of the molecule is Cc1ncc(CNc2ccccc2Sc2ccc(OCCOc3ccccc3)cc2)c(N)n1. The van der Waals surface area contributed by atoms with E-state index in [4.69, 9.17) is 15.2 Å². The number of nitrogens with one attached hydrogen (secondary N) is 1. The van der Waals surface area contributed by atoms with Crippen molar-refractivity contribution in [3.63, 3.8) is 0 Å². The third kappa shape index (κ3) is 6.63. The number of nitrogens with zero attached hydrogens (tertiary/aromatic N) is 2. The summed E-state index contributed by atoms with van der Waals surface area (Å²) in [6, 6.07) is 26.0. The number of aryl methyl sites for hydroxylation is 1. The van der Waals surface area contributed by atoms with Crippen LogP contribution in [0.5, 0.6) is 11.5 Å². The lowest BCUT2D eigenvalue weighted by Crippen LogP contribution is -2.08. The molecule has 3 N–H and O–H groups in total. The summed E-state index contributed by atoms with van der Waals surface area (Å²) in [4.78, 5) is 10.7. The van der Waals surface area contributed by atoms with Crippen molar-refractivity contribution in [2.24, 2.45) is 0 Å². The molecule has 1 aromatic heterocycles. The van der Waals surface area contributed by atoms with Crippen LogP contribution in [-0.4, -0.2) is 23.2 Å². The van der Waals surface area contributed by atoms with E-state index in [1.54, 1.807) is 18.0 Å². The van der Waals surface area contributed by atoms with Crippen molar-refractivity contribution in [1.82, 2.24) is 9.97 Å². The summed E-state index contributed by atoms with van der Waals surface area (Å²) < 4.78 is 11.5. The zero-order valence-electron chi connectivity index (χ0n) is 18.4. The van der Waals surface area contributed by atoms with Gasteiger partial charge in [0, 0.05) is 33.8 Å². The Morgan fingerprint density at radius 1 is 0.848 bits per heavy atom. The monoisotopic (exact) mass is 458 g/mol. The molecule has 0 atom stereocenters. The first-order valence-electron chi connectivity index (χ1n) is 10.7. The maximum Gasteiger partial charge on any atom is 0.132 e. The second kappa shape index (κ2) is 11.2. The van der Waals surface area contributed by atoms with Crippen LogP contribution in [0.4, 0.5) is 11.5 Å². The normalized spacial score (nSPS) is 10.6. The fourth-order valence-corrected chi connectivity index (χ4v) is 4.03. The Balaban J connectivity index is 1.30. The fraction of sp³-hybridized carbons (Fsp3) is 0.154. The minimum absolute atomic E-state index is 0.486. The van der Waals surface area contributed by atoms with Crippen molar-refractivity contribution in [3.8, 4) is 11.5 Å². The standard InChI is InChI=1S/C26H26N4O2S/c1-19-28-17-20(26(27)30-19)18-29-24-9-5-6-10-25(24)33-23-13-11-22(12-14-23)32-16-15-31-21-7-3-2-4-8-21/h2-14,17,29H,15-16,18H2,1H3,(H2,27,28,30). The maximum absolute atomic E-state index is 6.02. The molecule has 0 amide bonds. The molecule has 0 aliphatic carbocycles. The zero-order valence-corrected chi connectivity index (χ0v) is 19.2. The minimum Gasteiger partial charge on any atom is -0.490 e. The van der Waals surface area contributed by atoms with Gasteiger partial charge in [0.2, 0.25) is 0 Å². The molecule has 1 heterocycles. The average Bonchev–Trinajstić information content (AvgIpc) is 2.84. The Hall–Kier alpha value is -3.71. The Morgan fingerprint density at radius 2 is 1.52 bits per heavy atom. The molecular weight excluding hydrogens is 432 g/mol.